The van der Waals surface area contributed by atoms with Crippen molar-refractivity contribution in [2.24, 2.45) is 5.92 Å². The van der Waals surface area contributed by atoms with Crippen molar-refractivity contribution in [2.45, 2.75) is 65.1 Å². The highest BCUT2D eigenvalue weighted by Gasteiger charge is 2.33. The summed E-state index contributed by atoms with van der Waals surface area (Å²) >= 11 is 0. The van der Waals surface area contributed by atoms with Crippen molar-refractivity contribution in [3.63, 3.8) is 0 Å². The van der Waals surface area contributed by atoms with E-state index in [0.717, 1.165) is 25.6 Å². The van der Waals surface area contributed by atoms with E-state index < -0.39 is 0 Å². The van der Waals surface area contributed by atoms with Crippen LogP contribution in [0.25, 0.3) is 0 Å². The lowest BCUT2D eigenvalue weighted by molar-refractivity contribution is 0.0859. The molecule has 0 saturated heterocycles. The fourth-order valence-corrected chi connectivity index (χ4v) is 2.50. The standard InChI is InChI=1S/C15H32N2O/c1-6-12(2)16-11-13(3)17(9-10-18-5)14(4)15-7-8-15/h12-16H,6-11H2,1-5H3. The Hall–Kier alpha value is -0.120. The zero-order valence-electron chi connectivity index (χ0n) is 12.9. The van der Waals surface area contributed by atoms with E-state index in [9.17, 15) is 0 Å². The Morgan fingerprint density at radius 1 is 1.28 bits per heavy atom. The summed E-state index contributed by atoms with van der Waals surface area (Å²) in [4.78, 5) is 2.62. The molecular weight excluding hydrogens is 224 g/mol. The van der Waals surface area contributed by atoms with E-state index in [0.29, 0.717) is 18.1 Å². The van der Waals surface area contributed by atoms with Gasteiger partial charge in [0.25, 0.3) is 0 Å². The van der Waals surface area contributed by atoms with Crippen LogP contribution in [0, 0.1) is 5.92 Å². The molecule has 1 aliphatic rings. The summed E-state index contributed by atoms with van der Waals surface area (Å²) in [5.41, 5.74) is 0. The van der Waals surface area contributed by atoms with E-state index in [-0.39, 0.29) is 0 Å². The third-order valence-electron chi connectivity index (χ3n) is 4.32. The lowest BCUT2D eigenvalue weighted by atomic mass is 10.1. The largest absolute Gasteiger partial charge is 0.383 e. The first kappa shape index (κ1) is 15.9. The first-order chi connectivity index (χ1) is 8.60. The van der Waals surface area contributed by atoms with E-state index in [1.165, 1.54) is 19.3 Å². The molecule has 1 rings (SSSR count). The van der Waals surface area contributed by atoms with Crippen molar-refractivity contribution in [3.8, 4) is 0 Å². The quantitative estimate of drug-likeness (QED) is 0.650. The van der Waals surface area contributed by atoms with Gasteiger partial charge in [0.1, 0.15) is 0 Å². The summed E-state index contributed by atoms with van der Waals surface area (Å²) in [6.07, 6.45) is 4.02. The topological polar surface area (TPSA) is 24.5 Å². The van der Waals surface area contributed by atoms with Crippen LogP contribution in [-0.2, 0) is 4.74 Å². The van der Waals surface area contributed by atoms with Crippen molar-refractivity contribution in [2.75, 3.05) is 26.8 Å². The smallest absolute Gasteiger partial charge is 0.0589 e. The van der Waals surface area contributed by atoms with Gasteiger partial charge in [-0.1, -0.05) is 6.92 Å². The second-order valence-corrected chi connectivity index (χ2v) is 5.88. The predicted molar refractivity (Wildman–Crippen MR) is 78.0 cm³/mol. The van der Waals surface area contributed by atoms with Gasteiger partial charge in [-0.2, -0.15) is 0 Å². The maximum Gasteiger partial charge on any atom is 0.0589 e. The molecule has 108 valence electrons. The van der Waals surface area contributed by atoms with Crippen LogP contribution >= 0.6 is 0 Å². The average molecular weight is 256 g/mol. The molecule has 1 aliphatic carbocycles. The normalized spacial score (nSPS) is 21.0. The van der Waals surface area contributed by atoms with Gasteiger partial charge in [0.05, 0.1) is 6.61 Å². The van der Waals surface area contributed by atoms with E-state index >= 15 is 0 Å². The van der Waals surface area contributed by atoms with Gasteiger partial charge in [0.2, 0.25) is 0 Å². The molecule has 3 atom stereocenters. The van der Waals surface area contributed by atoms with Gasteiger partial charge in [-0.05, 0) is 46.0 Å². The van der Waals surface area contributed by atoms with E-state index in [1.807, 2.05) is 0 Å². The fraction of sp³-hybridized carbons (Fsp3) is 1.00. The molecule has 0 heterocycles. The molecule has 0 bridgehead atoms. The van der Waals surface area contributed by atoms with Gasteiger partial charge < -0.3 is 10.1 Å². The van der Waals surface area contributed by atoms with Crippen molar-refractivity contribution in [1.82, 2.24) is 10.2 Å². The molecule has 0 aromatic heterocycles. The molecule has 3 nitrogen and oxygen atoms in total. The molecule has 18 heavy (non-hydrogen) atoms. The summed E-state index contributed by atoms with van der Waals surface area (Å²) in [5, 5.41) is 3.62. The predicted octanol–water partition coefficient (Wildman–Crippen LogP) is 2.51. The lowest BCUT2D eigenvalue weighted by Gasteiger charge is -2.35. The van der Waals surface area contributed by atoms with Crippen molar-refractivity contribution in [1.29, 1.82) is 0 Å². The monoisotopic (exact) mass is 256 g/mol. The second kappa shape index (κ2) is 8.13. The summed E-state index contributed by atoms with van der Waals surface area (Å²) in [7, 11) is 1.79. The Balaban J connectivity index is 2.41. The van der Waals surface area contributed by atoms with Crippen LogP contribution in [0.5, 0.6) is 0 Å². The van der Waals surface area contributed by atoms with Crippen LogP contribution in [0.15, 0.2) is 0 Å². The maximum absolute atomic E-state index is 5.26. The summed E-state index contributed by atoms with van der Waals surface area (Å²) in [6.45, 7) is 12.2. The van der Waals surface area contributed by atoms with Gasteiger partial charge >= 0.3 is 0 Å². The Labute approximate surface area is 113 Å². The number of rotatable bonds is 10. The highest BCUT2D eigenvalue weighted by molar-refractivity contribution is 4.88. The third kappa shape index (κ3) is 5.25. The van der Waals surface area contributed by atoms with Gasteiger partial charge in [-0.15, -0.1) is 0 Å². The summed E-state index contributed by atoms with van der Waals surface area (Å²) in [6, 6.07) is 1.91. The van der Waals surface area contributed by atoms with Crippen molar-refractivity contribution < 1.29 is 4.74 Å². The molecule has 1 fully saturated rings. The minimum atomic E-state index is 0.588. The molecular formula is C15H32N2O. The second-order valence-electron chi connectivity index (χ2n) is 5.88. The van der Waals surface area contributed by atoms with E-state index in [1.54, 1.807) is 7.11 Å². The highest BCUT2D eigenvalue weighted by Crippen LogP contribution is 2.35. The molecule has 1 saturated carbocycles. The van der Waals surface area contributed by atoms with Gasteiger partial charge in [-0.25, -0.2) is 0 Å². The van der Waals surface area contributed by atoms with Gasteiger partial charge in [0, 0.05) is 38.3 Å². The Morgan fingerprint density at radius 3 is 2.44 bits per heavy atom. The summed E-state index contributed by atoms with van der Waals surface area (Å²) in [5.74, 6) is 0.924. The number of hydrogen-bond donors (Lipinski definition) is 1. The number of ether oxygens (including phenoxy) is 1. The lowest BCUT2D eigenvalue weighted by Crippen LogP contribution is -2.48. The molecule has 0 radical (unpaired) electrons. The number of hydrogen-bond acceptors (Lipinski definition) is 3. The van der Waals surface area contributed by atoms with Crippen LogP contribution in [-0.4, -0.2) is 49.8 Å². The molecule has 0 aliphatic heterocycles. The van der Waals surface area contributed by atoms with E-state index in [2.05, 4.69) is 37.9 Å². The number of methoxy groups -OCH3 is 1. The zero-order chi connectivity index (χ0) is 13.5. The fourth-order valence-electron chi connectivity index (χ4n) is 2.50. The first-order valence-electron chi connectivity index (χ1n) is 7.58. The minimum Gasteiger partial charge on any atom is -0.383 e. The molecule has 1 N–H and O–H groups in total. The number of nitrogens with one attached hydrogen (secondary N) is 1. The molecule has 0 aromatic carbocycles. The van der Waals surface area contributed by atoms with Crippen LogP contribution in [0.4, 0.5) is 0 Å². The van der Waals surface area contributed by atoms with Crippen LogP contribution in [0.1, 0.15) is 47.0 Å². The van der Waals surface area contributed by atoms with Crippen LogP contribution in [0.3, 0.4) is 0 Å². The Bertz CT molecular complexity index is 219. The third-order valence-corrected chi connectivity index (χ3v) is 4.32. The molecule has 3 unspecified atom stereocenters. The Kier molecular flexibility index (Phi) is 7.20. The first-order valence-corrected chi connectivity index (χ1v) is 7.58. The Morgan fingerprint density at radius 2 is 1.94 bits per heavy atom. The number of nitrogens with zero attached hydrogens (tertiary/aromatic N) is 1. The maximum atomic E-state index is 5.26. The van der Waals surface area contributed by atoms with E-state index in [4.69, 9.17) is 4.74 Å². The average Bonchev–Trinajstić information content (AvgIpc) is 3.20. The SMILES string of the molecule is CCC(C)NCC(C)N(CCOC)C(C)C1CC1. The van der Waals surface area contributed by atoms with Crippen molar-refractivity contribution >= 4 is 0 Å². The van der Waals surface area contributed by atoms with Crippen molar-refractivity contribution in [3.05, 3.63) is 0 Å². The molecule has 3 heteroatoms. The molecule has 0 amide bonds. The molecule has 0 aromatic rings. The zero-order valence-corrected chi connectivity index (χ0v) is 12.9. The van der Waals surface area contributed by atoms with Crippen LogP contribution < -0.4 is 5.32 Å². The van der Waals surface area contributed by atoms with Gasteiger partial charge in [-0.3, -0.25) is 4.90 Å². The van der Waals surface area contributed by atoms with Gasteiger partial charge in [0.15, 0.2) is 0 Å². The minimum absolute atomic E-state index is 0.588. The highest BCUT2D eigenvalue weighted by atomic mass is 16.5. The molecule has 0 spiro atoms. The summed E-state index contributed by atoms with van der Waals surface area (Å²) < 4.78 is 5.26. The van der Waals surface area contributed by atoms with Crippen LogP contribution in [0.2, 0.25) is 0 Å².